The first-order chi connectivity index (χ1) is 17.7. The fourth-order valence-electron chi connectivity index (χ4n) is 4.87. The van der Waals surface area contributed by atoms with Crippen LogP contribution in [0.1, 0.15) is 45.1 Å². The van der Waals surface area contributed by atoms with Crippen LogP contribution in [-0.4, -0.2) is 70.4 Å². The number of sulfonamides is 1. The van der Waals surface area contributed by atoms with Gasteiger partial charge in [0, 0.05) is 31.7 Å². The zero-order chi connectivity index (χ0) is 26.8. The number of fused-ring (bicyclic) bond motifs is 1. The number of aliphatic hydroxyl groups is 2. The molecule has 11 heteroatoms. The molecule has 3 heterocycles. The standard InChI is InChI=1S/C26H36N4O6S/c1-4-6-18-15-29(3)23-22(18)27-24(28-25(23)33)20-14-19(7-8-21(20)36-13-5-2)37(34,35)30-11-9-26(16-31,17-32)10-12-30/h7-8,14-15,31-32H,4-6,9-13,16-17H2,1-3H3,(H,27,28,33). The first kappa shape index (κ1) is 27.3. The lowest BCUT2D eigenvalue weighted by Gasteiger charge is -2.38. The zero-order valence-corrected chi connectivity index (χ0v) is 22.5. The van der Waals surface area contributed by atoms with Gasteiger partial charge in [0.1, 0.15) is 17.1 Å². The first-order valence-electron chi connectivity index (χ1n) is 12.8. The maximum absolute atomic E-state index is 13.6. The van der Waals surface area contributed by atoms with Crippen LogP contribution in [0.2, 0.25) is 0 Å². The van der Waals surface area contributed by atoms with Crippen molar-refractivity contribution in [1.29, 1.82) is 0 Å². The van der Waals surface area contributed by atoms with Crippen LogP contribution < -0.4 is 10.3 Å². The Bertz CT molecular complexity index is 1410. The van der Waals surface area contributed by atoms with E-state index in [1.807, 2.05) is 20.2 Å². The molecular formula is C26H36N4O6S. The molecule has 1 aromatic carbocycles. The average Bonchev–Trinajstić information content (AvgIpc) is 3.22. The average molecular weight is 533 g/mol. The highest BCUT2D eigenvalue weighted by Gasteiger charge is 2.38. The highest BCUT2D eigenvalue weighted by atomic mass is 32.2. The predicted molar refractivity (Wildman–Crippen MR) is 141 cm³/mol. The van der Waals surface area contributed by atoms with Gasteiger partial charge in [0.15, 0.2) is 0 Å². The van der Waals surface area contributed by atoms with E-state index in [1.54, 1.807) is 10.6 Å². The second kappa shape index (κ2) is 10.9. The molecule has 0 atom stereocenters. The van der Waals surface area contributed by atoms with Crippen molar-refractivity contribution in [2.24, 2.45) is 12.5 Å². The molecule has 4 rings (SSSR count). The van der Waals surface area contributed by atoms with E-state index in [1.165, 1.54) is 16.4 Å². The number of aromatic nitrogens is 3. The summed E-state index contributed by atoms with van der Waals surface area (Å²) in [6, 6.07) is 4.62. The number of benzene rings is 1. The van der Waals surface area contributed by atoms with Crippen molar-refractivity contribution in [3.8, 4) is 17.1 Å². The minimum atomic E-state index is -3.87. The summed E-state index contributed by atoms with van der Waals surface area (Å²) >= 11 is 0. The van der Waals surface area contributed by atoms with Gasteiger partial charge in [-0.1, -0.05) is 20.3 Å². The summed E-state index contributed by atoms with van der Waals surface area (Å²) in [5, 5.41) is 19.4. The molecule has 0 bridgehead atoms. The topological polar surface area (TPSA) is 138 Å². The normalized spacial score (nSPS) is 16.4. The van der Waals surface area contributed by atoms with E-state index in [2.05, 4.69) is 11.9 Å². The predicted octanol–water partition coefficient (Wildman–Crippen LogP) is 2.43. The van der Waals surface area contributed by atoms with E-state index in [4.69, 9.17) is 9.72 Å². The molecule has 3 N–H and O–H groups in total. The fourth-order valence-corrected chi connectivity index (χ4v) is 6.33. The van der Waals surface area contributed by atoms with Crippen LogP contribution in [0.25, 0.3) is 22.4 Å². The number of nitrogens with one attached hydrogen (secondary N) is 1. The quantitative estimate of drug-likeness (QED) is 0.365. The Balaban J connectivity index is 1.79. The van der Waals surface area contributed by atoms with Crippen LogP contribution in [0.3, 0.4) is 0 Å². The lowest BCUT2D eigenvalue weighted by atomic mass is 9.81. The summed E-state index contributed by atoms with van der Waals surface area (Å²) < 4.78 is 36.2. The van der Waals surface area contributed by atoms with Gasteiger partial charge < -0.3 is 24.5 Å². The number of H-pyrrole nitrogens is 1. The summed E-state index contributed by atoms with van der Waals surface area (Å²) in [5.41, 5.74) is 1.45. The molecule has 0 saturated carbocycles. The number of aromatic amines is 1. The second-order valence-corrected chi connectivity index (χ2v) is 11.8. The number of rotatable bonds is 10. The monoisotopic (exact) mass is 532 g/mol. The lowest BCUT2D eigenvalue weighted by Crippen LogP contribution is -2.46. The van der Waals surface area contributed by atoms with Gasteiger partial charge in [-0.2, -0.15) is 4.31 Å². The van der Waals surface area contributed by atoms with Crippen LogP contribution in [0.15, 0.2) is 34.1 Å². The first-order valence-corrected chi connectivity index (χ1v) is 14.2. The van der Waals surface area contributed by atoms with Crippen molar-refractivity contribution < 1.29 is 23.4 Å². The number of aryl methyl sites for hydroxylation is 2. The molecule has 2 aromatic heterocycles. The smallest absolute Gasteiger partial charge is 0.275 e. The van der Waals surface area contributed by atoms with E-state index in [9.17, 15) is 23.4 Å². The third kappa shape index (κ3) is 5.18. The maximum atomic E-state index is 13.6. The molecule has 10 nitrogen and oxygen atoms in total. The van der Waals surface area contributed by atoms with E-state index in [-0.39, 0.29) is 42.6 Å². The zero-order valence-electron chi connectivity index (χ0n) is 21.7. The molecule has 0 radical (unpaired) electrons. The van der Waals surface area contributed by atoms with Gasteiger partial charge in [-0.05, 0) is 49.4 Å². The highest BCUT2D eigenvalue weighted by molar-refractivity contribution is 7.89. The van der Waals surface area contributed by atoms with Gasteiger partial charge in [0.05, 0.1) is 35.8 Å². The van der Waals surface area contributed by atoms with Crippen LogP contribution in [0.4, 0.5) is 0 Å². The Morgan fingerprint density at radius 2 is 1.84 bits per heavy atom. The third-order valence-corrected chi connectivity index (χ3v) is 9.07. The number of ether oxygens (including phenoxy) is 1. The van der Waals surface area contributed by atoms with Crippen molar-refractivity contribution >= 4 is 21.1 Å². The number of piperidine rings is 1. The molecule has 0 unspecified atom stereocenters. The minimum Gasteiger partial charge on any atom is -0.493 e. The Morgan fingerprint density at radius 1 is 1.14 bits per heavy atom. The van der Waals surface area contributed by atoms with Crippen LogP contribution >= 0.6 is 0 Å². The molecule has 3 aromatic rings. The van der Waals surface area contributed by atoms with Gasteiger partial charge in [0.25, 0.3) is 5.56 Å². The van der Waals surface area contributed by atoms with Gasteiger partial charge in [-0.3, -0.25) is 4.79 Å². The molecule has 0 amide bonds. The molecule has 1 aliphatic rings. The Hall–Kier alpha value is -2.73. The van der Waals surface area contributed by atoms with Crippen LogP contribution in [0.5, 0.6) is 5.75 Å². The largest absolute Gasteiger partial charge is 0.493 e. The van der Waals surface area contributed by atoms with Crippen molar-refractivity contribution in [3.63, 3.8) is 0 Å². The van der Waals surface area contributed by atoms with Gasteiger partial charge in [0.2, 0.25) is 10.0 Å². The van der Waals surface area contributed by atoms with E-state index >= 15 is 0 Å². The minimum absolute atomic E-state index is 0.0661. The van der Waals surface area contributed by atoms with Crippen molar-refractivity contribution in [2.75, 3.05) is 32.9 Å². The molecule has 1 fully saturated rings. The molecule has 0 aliphatic carbocycles. The fraction of sp³-hybridized carbons (Fsp3) is 0.538. The summed E-state index contributed by atoms with van der Waals surface area (Å²) in [6.45, 7) is 4.47. The molecule has 202 valence electrons. The van der Waals surface area contributed by atoms with E-state index in [0.717, 1.165) is 24.8 Å². The van der Waals surface area contributed by atoms with Gasteiger partial charge >= 0.3 is 0 Å². The van der Waals surface area contributed by atoms with E-state index < -0.39 is 15.4 Å². The van der Waals surface area contributed by atoms with Crippen LogP contribution in [-0.2, 0) is 23.5 Å². The Labute approximate surface area is 217 Å². The Kier molecular flexibility index (Phi) is 8.08. The summed E-state index contributed by atoms with van der Waals surface area (Å²) in [5.74, 6) is 0.692. The van der Waals surface area contributed by atoms with Crippen molar-refractivity contribution in [1.82, 2.24) is 18.8 Å². The molecule has 37 heavy (non-hydrogen) atoms. The van der Waals surface area contributed by atoms with E-state index in [0.29, 0.717) is 41.8 Å². The molecular weight excluding hydrogens is 496 g/mol. The van der Waals surface area contributed by atoms with Gasteiger partial charge in [-0.15, -0.1) is 0 Å². The summed E-state index contributed by atoms with van der Waals surface area (Å²) in [4.78, 5) is 20.7. The molecule has 1 aliphatic heterocycles. The van der Waals surface area contributed by atoms with Crippen molar-refractivity contribution in [3.05, 3.63) is 40.3 Å². The van der Waals surface area contributed by atoms with Crippen LogP contribution in [0, 0.1) is 5.41 Å². The maximum Gasteiger partial charge on any atom is 0.275 e. The number of aliphatic hydroxyl groups excluding tert-OH is 2. The number of nitrogens with zero attached hydrogens (tertiary/aromatic N) is 3. The van der Waals surface area contributed by atoms with Gasteiger partial charge in [-0.25, -0.2) is 13.4 Å². The number of hydrogen-bond donors (Lipinski definition) is 3. The number of hydrogen-bond acceptors (Lipinski definition) is 7. The highest BCUT2D eigenvalue weighted by Crippen LogP contribution is 2.36. The lowest BCUT2D eigenvalue weighted by molar-refractivity contribution is 0.0146. The summed E-state index contributed by atoms with van der Waals surface area (Å²) in [7, 11) is -2.06. The SMILES string of the molecule is CCCOc1ccc(S(=O)(=O)N2CCC(CO)(CO)CC2)cc1-c1nc2c(CCC)cn(C)c2c(=O)[nH]1. The third-order valence-electron chi connectivity index (χ3n) is 7.18. The van der Waals surface area contributed by atoms with Crippen molar-refractivity contribution in [2.45, 2.75) is 50.8 Å². The molecule has 0 spiro atoms. The Morgan fingerprint density at radius 3 is 2.46 bits per heavy atom. The summed E-state index contributed by atoms with van der Waals surface area (Å²) in [6.07, 6.45) is 5.05. The second-order valence-electron chi connectivity index (χ2n) is 9.85. The molecule has 1 saturated heterocycles.